The van der Waals surface area contributed by atoms with Gasteiger partial charge in [-0.05, 0) is 45.6 Å². The maximum atomic E-state index is 12.3. The Hall–Kier alpha value is -1.10. The molecule has 0 radical (unpaired) electrons. The molecule has 0 spiro atoms. The van der Waals surface area contributed by atoms with E-state index in [4.69, 9.17) is 5.73 Å². The van der Waals surface area contributed by atoms with Gasteiger partial charge in [-0.2, -0.15) is 0 Å². The van der Waals surface area contributed by atoms with E-state index in [0.717, 1.165) is 64.5 Å². The van der Waals surface area contributed by atoms with E-state index < -0.39 is 0 Å². The van der Waals surface area contributed by atoms with Crippen LogP contribution in [0.2, 0.25) is 0 Å². The highest BCUT2D eigenvalue weighted by Gasteiger charge is 2.28. The van der Waals surface area contributed by atoms with Gasteiger partial charge in [0.05, 0.1) is 5.92 Å². The number of carbonyl (C=O) groups is 2. The predicted molar refractivity (Wildman–Crippen MR) is 94.0 cm³/mol. The van der Waals surface area contributed by atoms with Crippen molar-refractivity contribution < 1.29 is 9.59 Å². The SMILES string of the molecule is CCCC(C)NC(=O)C1CCCN(C(=O)CCCCCCN)C1. The van der Waals surface area contributed by atoms with Gasteiger partial charge in [-0.3, -0.25) is 9.59 Å². The van der Waals surface area contributed by atoms with Crippen LogP contribution in [0.25, 0.3) is 0 Å². The van der Waals surface area contributed by atoms with Gasteiger partial charge in [0.1, 0.15) is 0 Å². The van der Waals surface area contributed by atoms with Crippen LogP contribution < -0.4 is 11.1 Å². The Morgan fingerprint density at radius 2 is 2.00 bits per heavy atom. The second kappa shape index (κ2) is 11.4. The maximum Gasteiger partial charge on any atom is 0.225 e. The lowest BCUT2D eigenvalue weighted by Gasteiger charge is -2.32. The van der Waals surface area contributed by atoms with Crippen LogP contribution in [0.15, 0.2) is 0 Å². The fourth-order valence-corrected chi connectivity index (χ4v) is 3.22. The molecule has 0 aromatic rings. The van der Waals surface area contributed by atoms with Crippen molar-refractivity contribution in [3.8, 4) is 0 Å². The molecular weight excluding hydrogens is 290 g/mol. The highest BCUT2D eigenvalue weighted by atomic mass is 16.2. The largest absolute Gasteiger partial charge is 0.353 e. The van der Waals surface area contributed by atoms with E-state index >= 15 is 0 Å². The Morgan fingerprint density at radius 1 is 1.26 bits per heavy atom. The van der Waals surface area contributed by atoms with E-state index in [0.29, 0.717) is 13.0 Å². The van der Waals surface area contributed by atoms with Gasteiger partial charge in [0, 0.05) is 25.6 Å². The Kier molecular flexibility index (Phi) is 9.92. The Balaban J connectivity index is 2.32. The third-order valence-electron chi connectivity index (χ3n) is 4.60. The molecule has 2 unspecified atom stereocenters. The van der Waals surface area contributed by atoms with Gasteiger partial charge in [0.25, 0.3) is 0 Å². The third kappa shape index (κ3) is 7.82. The highest BCUT2D eigenvalue weighted by molar-refractivity contribution is 5.81. The van der Waals surface area contributed by atoms with Crippen LogP contribution in [0.3, 0.4) is 0 Å². The van der Waals surface area contributed by atoms with Gasteiger partial charge in [0.15, 0.2) is 0 Å². The number of unbranched alkanes of at least 4 members (excludes halogenated alkanes) is 3. The lowest BCUT2D eigenvalue weighted by atomic mass is 9.96. The van der Waals surface area contributed by atoms with E-state index in [1.807, 2.05) is 4.90 Å². The van der Waals surface area contributed by atoms with Crippen LogP contribution in [0, 0.1) is 5.92 Å². The number of hydrogen-bond acceptors (Lipinski definition) is 3. The monoisotopic (exact) mass is 325 g/mol. The number of rotatable bonds is 10. The summed E-state index contributed by atoms with van der Waals surface area (Å²) >= 11 is 0. The van der Waals surface area contributed by atoms with Gasteiger partial charge in [-0.1, -0.05) is 26.2 Å². The predicted octanol–water partition coefficient (Wildman–Crippen LogP) is 2.44. The van der Waals surface area contributed by atoms with Gasteiger partial charge in [0.2, 0.25) is 11.8 Å². The zero-order valence-corrected chi connectivity index (χ0v) is 15.0. The van der Waals surface area contributed by atoms with Gasteiger partial charge in [-0.25, -0.2) is 0 Å². The summed E-state index contributed by atoms with van der Waals surface area (Å²) in [5.41, 5.74) is 5.47. The van der Waals surface area contributed by atoms with Crippen molar-refractivity contribution in [2.24, 2.45) is 11.7 Å². The minimum atomic E-state index is -0.0377. The first kappa shape index (κ1) is 19.9. The molecule has 0 aromatic heterocycles. The van der Waals surface area contributed by atoms with Crippen LogP contribution in [0.4, 0.5) is 0 Å². The minimum absolute atomic E-state index is 0.0377. The minimum Gasteiger partial charge on any atom is -0.353 e. The fraction of sp³-hybridized carbons (Fsp3) is 0.889. The Labute approximate surface area is 141 Å². The molecule has 1 heterocycles. The molecule has 1 aliphatic rings. The van der Waals surface area contributed by atoms with Crippen molar-refractivity contribution in [3.05, 3.63) is 0 Å². The first-order valence-corrected chi connectivity index (χ1v) is 9.36. The zero-order chi connectivity index (χ0) is 17.1. The number of carbonyl (C=O) groups excluding carboxylic acids is 2. The number of likely N-dealkylation sites (tertiary alicyclic amines) is 1. The van der Waals surface area contributed by atoms with Gasteiger partial charge in [-0.15, -0.1) is 0 Å². The van der Waals surface area contributed by atoms with Crippen molar-refractivity contribution >= 4 is 11.8 Å². The fourth-order valence-electron chi connectivity index (χ4n) is 3.22. The molecule has 2 amide bonds. The molecule has 0 bridgehead atoms. The molecule has 5 heteroatoms. The first-order chi connectivity index (χ1) is 11.1. The van der Waals surface area contributed by atoms with Crippen molar-refractivity contribution in [3.63, 3.8) is 0 Å². The summed E-state index contributed by atoms with van der Waals surface area (Å²) in [5.74, 6) is 0.285. The molecule has 0 saturated carbocycles. The van der Waals surface area contributed by atoms with E-state index in [9.17, 15) is 9.59 Å². The average molecular weight is 325 g/mol. The lowest BCUT2D eigenvalue weighted by molar-refractivity contribution is -0.136. The second-order valence-electron chi connectivity index (χ2n) is 6.83. The summed E-state index contributed by atoms with van der Waals surface area (Å²) in [6.45, 7) is 6.29. The molecule has 1 aliphatic heterocycles. The smallest absolute Gasteiger partial charge is 0.225 e. The average Bonchev–Trinajstić information content (AvgIpc) is 2.54. The molecule has 3 N–H and O–H groups in total. The summed E-state index contributed by atoms with van der Waals surface area (Å²) in [7, 11) is 0. The van der Waals surface area contributed by atoms with E-state index in [1.165, 1.54) is 0 Å². The van der Waals surface area contributed by atoms with Crippen molar-refractivity contribution in [2.45, 2.75) is 77.7 Å². The molecule has 0 aromatic carbocycles. The third-order valence-corrected chi connectivity index (χ3v) is 4.60. The first-order valence-electron chi connectivity index (χ1n) is 9.36. The number of nitrogens with zero attached hydrogens (tertiary/aromatic N) is 1. The number of piperidine rings is 1. The molecule has 134 valence electrons. The molecule has 1 saturated heterocycles. The zero-order valence-electron chi connectivity index (χ0n) is 15.0. The summed E-state index contributed by atoms with van der Waals surface area (Å²) in [6.07, 6.45) is 8.63. The molecule has 0 aliphatic carbocycles. The molecule has 2 atom stereocenters. The van der Waals surface area contributed by atoms with Crippen molar-refractivity contribution in [2.75, 3.05) is 19.6 Å². The van der Waals surface area contributed by atoms with Gasteiger partial charge < -0.3 is 16.0 Å². The van der Waals surface area contributed by atoms with Crippen LogP contribution in [0.1, 0.15) is 71.6 Å². The van der Waals surface area contributed by atoms with Gasteiger partial charge >= 0.3 is 0 Å². The molecule has 1 rings (SSSR count). The number of hydrogen-bond donors (Lipinski definition) is 2. The van der Waals surface area contributed by atoms with E-state index in [-0.39, 0.29) is 23.8 Å². The highest BCUT2D eigenvalue weighted by Crippen LogP contribution is 2.18. The second-order valence-corrected chi connectivity index (χ2v) is 6.83. The summed E-state index contributed by atoms with van der Waals surface area (Å²) in [4.78, 5) is 26.5. The molecular formula is C18H35N3O2. The van der Waals surface area contributed by atoms with Crippen molar-refractivity contribution in [1.29, 1.82) is 0 Å². The van der Waals surface area contributed by atoms with Crippen molar-refractivity contribution in [1.82, 2.24) is 10.2 Å². The van der Waals surface area contributed by atoms with E-state index in [2.05, 4.69) is 19.2 Å². The van der Waals surface area contributed by atoms with Crippen LogP contribution >= 0.6 is 0 Å². The van der Waals surface area contributed by atoms with E-state index in [1.54, 1.807) is 0 Å². The van der Waals surface area contributed by atoms with Crippen LogP contribution in [0.5, 0.6) is 0 Å². The van der Waals surface area contributed by atoms with Crippen LogP contribution in [-0.2, 0) is 9.59 Å². The number of amides is 2. The quantitative estimate of drug-likeness (QED) is 0.606. The topological polar surface area (TPSA) is 75.4 Å². The number of nitrogens with two attached hydrogens (primary N) is 1. The molecule has 23 heavy (non-hydrogen) atoms. The summed E-state index contributed by atoms with van der Waals surface area (Å²) in [6, 6.07) is 0.223. The Bertz CT molecular complexity index is 360. The normalized spacial score (nSPS) is 19.4. The molecule has 5 nitrogen and oxygen atoms in total. The standard InChI is InChI=1S/C18H35N3O2/c1-3-9-15(2)20-18(23)16-10-8-13-21(14-16)17(22)11-6-4-5-7-12-19/h15-16H,3-14,19H2,1-2H3,(H,20,23). The molecule has 1 fully saturated rings. The summed E-state index contributed by atoms with van der Waals surface area (Å²) in [5, 5.41) is 3.09. The summed E-state index contributed by atoms with van der Waals surface area (Å²) < 4.78 is 0. The maximum absolute atomic E-state index is 12.3. The van der Waals surface area contributed by atoms with Crippen LogP contribution in [-0.4, -0.2) is 42.4 Å². The lowest BCUT2D eigenvalue weighted by Crippen LogP contribution is -2.47. The number of nitrogens with one attached hydrogen (secondary N) is 1. The Morgan fingerprint density at radius 3 is 2.70 bits per heavy atom.